The molecule has 0 saturated carbocycles. The summed E-state index contributed by atoms with van der Waals surface area (Å²) in [7, 11) is 3.56. The first-order chi connectivity index (χ1) is 11.4. The van der Waals surface area contributed by atoms with Crippen molar-refractivity contribution in [3.63, 3.8) is 0 Å². The first kappa shape index (κ1) is 17.5. The fourth-order valence-electron chi connectivity index (χ4n) is 2.25. The molecule has 2 aromatic rings. The number of anilines is 1. The molecule has 0 saturated heterocycles. The van der Waals surface area contributed by atoms with E-state index in [4.69, 9.17) is 0 Å². The van der Waals surface area contributed by atoms with E-state index in [1.54, 1.807) is 22.8 Å². The van der Waals surface area contributed by atoms with Gasteiger partial charge in [0.25, 0.3) is 0 Å². The minimum absolute atomic E-state index is 0.0283. The smallest absolute Gasteiger partial charge is 0.319 e. The fourth-order valence-corrected chi connectivity index (χ4v) is 2.25. The summed E-state index contributed by atoms with van der Waals surface area (Å²) >= 11 is 0. The summed E-state index contributed by atoms with van der Waals surface area (Å²) in [4.78, 5) is 25.2. The molecule has 1 aromatic carbocycles. The summed E-state index contributed by atoms with van der Waals surface area (Å²) in [6, 6.07) is 6.97. The number of urea groups is 1. The number of amides is 3. The molecule has 0 fully saturated rings. The van der Waals surface area contributed by atoms with Crippen LogP contribution in [0.1, 0.15) is 31.0 Å². The van der Waals surface area contributed by atoms with E-state index in [1.807, 2.05) is 44.4 Å². The van der Waals surface area contributed by atoms with Crippen LogP contribution in [-0.4, -0.2) is 33.7 Å². The lowest BCUT2D eigenvalue weighted by molar-refractivity contribution is -0.128. The summed E-state index contributed by atoms with van der Waals surface area (Å²) in [5.74, 6) is -0.0283. The van der Waals surface area contributed by atoms with Gasteiger partial charge in [0.1, 0.15) is 0 Å². The minimum Gasteiger partial charge on any atom is -0.342 e. The fraction of sp³-hybridized carbons (Fsp3) is 0.353. The normalized spacial score (nSPS) is 11.7. The third-order valence-electron chi connectivity index (χ3n) is 3.78. The van der Waals surface area contributed by atoms with Gasteiger partial charge in [-0.05, 0) is 18.6 Å². The number of carbonyl (C=O) groups is 2. The summed E-state index contributed by atoms with van der Waals surface area (Å²) in [5, 5.41) is 9.82. The Morgan fingerprint density at radius 3 is 2.67 bits per heavy atom. The predicted molar refractivity (Wildman–Crippen MR) is 92.4 cm³/mol. The monoisotopic (exact) mass is 329 g/mol. The number of nitrogens with one attached hydrogen (secondary N) is 2. The molecular formula is C17H23N5O2. The van der Waals surface area contributed by atoms with Gasteiger partial charge in [-0.15, -0.1) is 0 Å². The molecule has 0 unspecified atom stereocenters. The SMILES string of the molecule is CC(=O)N(C)Cc1ccccc1NC(=O)N[C@@H](C)c1cnn(C)c1. The maximum Gasteiger partial charge on any atom is 0.319 e. The average Bonchev–Trinajstić information content (AvgIpc) is 2.95. The highest BCUT2D eigenvalue weighted by molar-refractivity contribution is 5.90. The van der Waals surface area contributed by atoms with Crippen LogP contribution in [0.4, 0.5) is 10.5 Å². The molecule has 1 atom stereocenters. The van der Waals surface area contributed by atoms with Crippen molar-refractivity contribution in [2.24, 2.45) is 7.05 Å². The van der Waals surface area contributed by atoms with E-state index in [0.717, 1.165) is 11.1 Å². The Labute approximate surface area is 141 Å². The van der Waals surface area contributed by atoms with Crippen molar-refractivity contribution in [2.75, 3.05) is 12.4 Å². The molecule has 0 bridgehead atoms. The molecule has 0 spiro atoms. The number of carbonyl (C=O) groups excluding carboxylic acids is 2. The molecule has 2 N–H and O–H groups in total. The maximum atomic E-state index is 12.2. The van der Waals surface area contributed by atoms with Crippen molar-refractivity contribution in [1.29, 1.82) is 0 Å². The van der Waals surface area contributed by atoms with Gasteiger partial charge in [-0.1, -0.05) is 18.2 Å². The van der Waals surface area contributed by atoms with Crippen LogP contribution in [0.25, 0.3) is 0 Å². The van der Waals surface area contributed by atoms with Gasteiger partial charge in [0, 0.05) is 45.0 Å². The molecule has 0 radical (unpaired) electrons. The lowest BCUT2D eigenvalue weighted by Gasteiger charge is -2.19. The first-order valence-electron chi connectivity index (χ1n) is 7.72. The lowest BCUT2D eigenvalue weighted by atomic mass is 10.1. The van der Waals surface area contributed by atoms with Crippen LogP contribution < -0.4 is 10.6 Å². The van der Waals surface area contributed by atoms with Crippen molar-refractivity contribution in [1.82, 2.24) is 20.0 Å². The molecule has 0 aliphatic heterocycles. The van der Waals surface area contributed by atoms with Crippen LogP contribution in [0, 0.1) is 0 Å². The van der Waals surface area contributed by atoms with E-state index in [1.165, 1.54) is 6.92 Å². The number of benzene rings is 1. The van der Waals surface area contributed by atoms with Crippen molar-refractivity contribution in [3.8, 4) is 0 Å². The predicted octanol–water partition coefficient (Wildman–Crippen LogP) is 2.28. The quantitative estimate of drug-likeness (QED) is 0.883. The van der Waals surface area contributed by atoms with E-state index < -0.39 is 0 Å². The average molecular weight is 329 g/mol. The number of nitrogens with zero attached hydrogens (tertiary/aromatic N) is 3. The Hall–Kier alpha value is -2.83. The van der Waals surface area contributed by atoms with Crippen LogP contribution in [0.2, 0.25) is 0 Å². The van der Waals surface area contributed by atoms with Crippen molar-refractivity contribution >= 4 is 17.6 Å². The highest BCUT2D eigenvalue weighted by atomic mass is 16.2. The molecule has 3 amide bonds. The number of aryl methyl sites for hydroxylation is 1. The Bertz CT molecular complexity index is 725. The third-order valence-corrected chi connectivity index (χ3v) is 3.78. The molecule has 1 heterocycles. The summed E-state index contributed by atoms with van der Waals surface area (Å²) < 4.78 is 1.69. The summed E-state index contributed by atoms with van der Waals surface area (Å²) in [5.41, 5.74) is 2.48. The van der Waals surface area contributed by atoms with Crippen LogP contribution in [0.15, 0.2) is 36.7 Å². The molecule has 7 nitrogen and oxygen atoms in total. The second-order valence-corrected chi connectivity index (χ2v) is 5.80. The zero-order valence-corrected chi connectivity index (χ0v) is 14.4. The Kier molecular flexibility index (Phi) is 5.57. The number of hydrogen-bond acceptors (Lipinski definition) is 3. The van der Waals surface area contributed by atoms with E-state index in [2.05, 4.69) is 15.7 Å². The Balaban J connectivity index is 2.02. The second-order valence-electron chi connectivity index (χ2n) is 5.80. The Morgan fingerprint density at radius 2 is 2.04 bits per heavy atom. The third kappa shape index (κ3) is 4.58. The molecular weight excluding hydrogens is 306 g/mol. The Morgan fingerprint density at radius 1 is 1.33 bits per heavy atom. The van der Waals surface area contributed by atoms with Gasteiger partial charge < -0.3 is 15.5 Å². The van der Waals surface area contributed by atoms with Gasteiger partial charge in [0.2, 0.25) is 5.91 Å². The zero-order valence-electron chi connectivity index (χ0n) is 14.4. The highest BCUT2D eigenvalue weighted by Gasteiger charge is 2.13. The largest absolute Gasteiger partial charge is 0.342 e. The first-order valence-corrected chi connectivity index (χ1v) is 7.72. The topological polar surface area (TPSA) is 79.3 Å². The number of rotatable bonds is 5. The van der Waals surface area contributed by atoms with Crippen LogP contribution in [0.3, 0.4) is 0 Å². The number of para-hydroxylation sites is 1. The van der Waals surface area contributed by atoms with Gasteiger partial charge >= 0.3 is 6.03 Å². The van der Waals surface area contributed by atoms with Gasteiger partial charge in [-0.3, -0.25) is 9.48 Å². The molecule has 24 heavy (non-hydrogen) atoms. The zero-order chi connectivity index (χ0) is 17.7. The van der Waals surface area contributed by atoms with Crippen LogP contribution in [0.5, 0.6) is 0 Å². The van der Waals surface area contributed by atoms with Gasteiger partial charge in [0.15, 0.2) is 0 Å². The molecule has 128 valence electrons. The number of aromatic nitrogens is 2. The van der Waals surface area contributed by atoms with Crippen LogP contribution in [-0.2, 0) is 18.4 Å². The van der Waals surface area contributed by atoms with Crippen LogP contribution >= 0.6 is 0 Å². The summed E-state index contributed by atoms with van der Waals surface area (Å²) in [6.07, 6.45) is 3.58. The maximum absolute atomic E-state index is 12.2. The molecule has 2 rings (SSSR count). The molecule has 7 heteroatoms. The van der Waals surface area contributed by atoms with Gasteiger partial charge in [-0.25, -0.2) is 4.79 Å². The summed E-state index contributed by atoms with van der Waals surface area (Å²) in [6.45, 7) is 3.84. The van der Waals surface area contributed by atoms with E-state index in [0.29, 0.717) is 12.2 Å². The second kappa shape index (κ2) is 7.63. The van der Waals surface area contributed by atoms with Gasteiger partial charge in [-0.2, -0.15) is 5.10 Å². The molecule has 0 aliphatic carbocycles. The van der Waals surface area contributed by atoms with E-state index in [-0.39, 0.29) is 18.0 Å². The minimum atomic E-state index is -0.302. The lowest BCUT2D eigenvalue weighted by Crippen LogP contribution is -2.32. The number of hydrogen-bond donors (Lipinski definition) is 2. The van der Waals surface area contributed by atoms with E-state index in [9.17, 15) is 9.59 Å². The molecule has 0 aliphatic rings. The van der Waals surface area contributed by atoms with E-state index >= 15 is 0 Å². The van der Waals surface area contributed by atoms with Crippen molar-refractivity contribution in [2.45, 2.75) is 26.4 Å². The van der Waals surface area contributed by atoms with Crippen molar-refractivity contribution in [3.05, 3.63) is 47.8 Å². The van der Waals surface area contributed by atoms with Gasteiger partial charge in [0.05, 0.1) is 12.2 Å². The van der Waals surface area contributed by atoms with Crippen molar-refractivity contribution < 1.29 is 9.59 Å². The standard InChI is InChI=1S/C17H23N5O2/c1-12(15-9-18-22(4)11-15)19-17(24)20-16-8-6-5-7-14(16)10-21(3)13(2)23/h5-9,11-12H,10H2,1-4H3,(H2,19,20,24)/t12-/m0/s1. The highest BCUT2D eigenvalue weighted by Crippen LogP contribution is 2.17. The molecule has 1 aromatic heterocycles.